The minimum atomic E-state index is -1.76. The van der Waals surface area contributed by atoms with Gasteiger partial charge in [0.05, 0.1) is 11.0 Å². The molecule has 0 unspecified atom stereocenters. The maximum Gasteiger partial charge on any atom is 0.184 e. The Bertz CT molecular complexity index is 1020. The number of fused-ring (bicyclic) bond motifs is 1. The second kappa shape index (κ2) is 8.83. The van der Waals surface area contributed by atoms with Gasteiger partial charge < -0.3 is 9.84 Å². The van der Waals surface area contributed by atoms with Gasteiger partial charge in [0.25, 0.3) is 0 Å². The first-order valence-corrected chi connectivity index (χ1v) is 13.0. The van der Waals surface area contributed by atoms with Crippen LogP contribution in [0.1, 0.15) is 94.9 Å². The first-order chi connectivity index (χ1) is 15.9. The van der Waals surface area contributed by atoms with Crippen molar-refractivity contribution in [2.24, 2.45) is 28.1 Å². The predicted octanol–water partition coefficient (Wildman–Crippen LogP) is 5.91. The van der Waals surface area contributed by atoms with E-state index in [1.54, 1.807) is 27.7 Å². The summed E-state index contributed by atoms with van der Waals surface area (Å²) in [6.07, 6.45) is 5.24. The lowest BCUT2D eigenvalue weighted by atomic mass is 9.39. The number of Topliss-reactive ketones (excluding diaryl/α,β-unsaturated/α-hetero) is 3. The molecule has 1 saturated carbocycles. The summed E-state index contributed by atoms with van der Waals surface area (Å²) in [6.45, 7) is 18.8. The number of carbonyl (C=O) groups is 3. The van der Waals surface area contributed by atoms with Crippen LogP contribution in [-0.4, -0.2) is 34.2 Å². The molecule has 5 heteroatoms. The second-order valence-corrected chi connectivity index (χ2v) is 12.9. The molecule has 5 nitrogen and oxygen atoms in total. The average molecular weight is 485 g/mol. The summed E-state index contributed by atoms with van der Waals surface area (Å²) in [7, 11) is 0. The van der Waals surface area contributed by atoms with E-state index in [0.717, 1.165) is 11.1 Å². The Labute approximate surface area is 211 Å². The van der Waals surface area contributed by atoms with E-state index in [9.17, 15) is 19.5 Å². The zero-order chi connectivity index (χ0) is 26.7. The van der Waals surface area contributed by atoms with Crippen LogP contribution in [0.4, 0.5) is 0 Å². The lowest BCUT2D eigenvalue weighted by Gasteiger charge is -2.59. The summed E-state index contributed by atoms with van der Waals surface area (Å²) in [5.41, 5.74) is -2.27. The second-order valence-electron chi connectivity index (χ2n) is 12.9. The molecule has 2 bridgehead atoms. The fourth-order valence-corrected chi connectivity index (χ4v) is 6.50. The summed E-state index contributed by atoms with van der Waals surface area (Å²) in [4.78, 5) is 43.3. The molecule has 0 aromatic heterocycles. The van der Waals surface area contributed by atoms with Gasteiger partial charge in [-0.3, -0.25) is 14.4 Å². The van der Waals surface area contributed by atoms with E-state index >= 15 is 0 Å². The molecule has 1 spiro atoms. The van der Waals surface area contributed by atoms with E-state index in [1.165, 1.54) is 0 Å². The maximum absolute atomic E-state index is 14.7. The van der Waals surface area contributed by atoms with Crippen LogP contribution in [0.2, 0.25) is 0 Å². The van der Waals surface area contributed by atoms with Gasteiger partial charge in [-0.15, -0.1) is 0 Å². The zero-order valence-corrected chi connectivity index (χ0v) is 23.3. The first kappa shape index (κ1) is 27.6. The first-order valence-electron chi connectivity index (χ1n) is 13.0. The third-order valence-corrected chi connectivity index (χ3v) is 8.68. The smallest absolute Gasteiger partial charge is 0.184 e. The van der Waals surface area contributed by atoms with Crippen molar-refractivity contribution in [3.8, 4) is 0 Å². The molecule has 0 amide bonds. The standard InChI is InChI=1S/C30H44O5/c1-17(2)11-13-20-15-29-16-22(28(9,10)34)35-25(29)21(14-12-18(3)4)24(32)30(26(29)33,27(20,7)8)23(31)19(5)6/h11-12,19-20,22,34H,13-16H2,1-10H3/t20-,22+,29-,30-/m0/s1. The molecule has 2 aliphatic carbocycles. The molecular weight excluding hydrogens is 440 g/mol. The van der Waals surface area contributed by atoms with Gasteiger partial charge in [-0.1, -0.05) is 51.0 Å². The van der Waals surface area contributed by atoms with Crippen molar-refractivity contribution in [2.75, 3.05) is 0 Å². The molecule has 3 rings (SSSR count). The maximum atomic E-state index is 14.7. The van der Waals surface area contributed by atoms with E-state index in [-0.39, 0.29) is 23.9 Å². The normalized spacial score (nSPS) is 31.8. The monoisotopic (exact) mass is 484 g/mol. The number of aliphatic hydroxyl groups is 1. The van der Waals surface area contributed by atoms with Crippen molar-refractivity contribution in [1.82, 2.24) is 0 Å². The van der Waals surface area contributed by atoms with Crippen molar-refractivity contribution < 1.29 is 24.2 Å². The minimum Gasteiger partial charge on any atom is -0.490 e. The Morgan fingerprint density at radius 2 is 1.66 bits per heavy atom. The van der Waals surface area contributed by atoms with Crippen LogP contribution in [0.15, 0.2) is 34.6 Å². The fourth-order valence-electron chi connectivity index (χ4n) is 6.50. The van der Waals surface area contributed by atoms with Crippen LogP contribution in [0, 0.1) is 28.1 Å². The molecule has 1 heterocycles. The number of ether oxygens (including phenoxy) is 1. The molecule has 1 N–H and O–H groups in total. The predicted molar refractivity (Wildman–Crippen MR) is 138 cm³/mol. The number of hydrogen-bond acceptors (Lipinski definition) is 5. The Morgan fingerprint density at radius 1 is 1.09 bits per heavy atom. The number of ketones is 3. The molecule has 0 aromatic rings. The Morgan fingerprint density at radius 3 is 2.14 bits per heavy atom. The average Bonchev–Trinajstić information content (AvgIpc) is 3.10. The van der Waals surface area contributed by atoms with Crippen LogP contribution < -0.4 is 0 Å². The van der Waals surface area contributed by atoms with Crippen molar-refractivity contribution >= 4 is 17.3 Å². The minimum absolute atomic E-state index is 0.0779. The Hall–Kier alpha value is -2.01. The largest absolute Gasteiger partial charge is 0.490 e. The van der Waals surface area contributed by atoms with Crippen LogP contribution in [0.3, 0.4) is 0 Å². The summed E-state index contributed by atoms with van der Waals surface area (Å²) in [5.74, 6) is -1.14. The van der Waals surface area contributed by atoms with Gasteiger partial charge >= 0.3 is 0 Å². The lowest BCUT2D eigenvalue weighted by Crippen LogP contribution is -2.69. The number of hydrogen-bond donors (Lipinski definition) is 1. The molecule has 3 aliphatic rings. The highest BCUT2D eigenvalue weighted by Gasteiger charge is 2.77. The van der Waals surface area contributed by atoms with Gasteiger partial charge in [0, 0.05) is 17.9 Å². The molecule has 0 aromatic carbocycles. The molecule has 1 aliphatic heterocycles. The Kier molecular flexibility index (Phi) is 6.96. The highest BCUT2D eigenvalue weighted by Crippen LogP contribution is 2.68. The zero-order valence-electron chi connectivity index (χ0n) is 23.3. The number of carbonyl (C=O) groups excluding carboxylic acids is 3. The van der Waals surface area contributed by atoms with E-state index in [4.69, 9.17) is 4.74 Å². The fraction of sp³-hybridized carbons (Fsp3) is 0.700. The van der Waals surface area contributed by atoms with Crippen LogP contribution in [0.25, 0.3) is 0 Å². The summed E-state index contributed by atoms with van der Waals surface area (Å²) >= 11 is 0. The van der Waals surface area contributed by atoms with Gasteiger partial charge in [0.2, 0.25) is 0 Å². The topological polar surface area (TPSA) is 80.7 Å². The highest BCUT2D eigenvalue weighted by molar-refractivity contribution is 6.33. The van der Waals surface area contributed by atoms with Crippen molar-refractivity contribution in [3.63, 3.8) is 0 Å². The SMILES string of the molecule is CC(C)=CCC1=C2O[C@@H](C(C)(C)O)C[C@@]23C[C@H](CC=C(C)C)C(C)(C)[C@@](C(=O)C(C)C)(C1=O)C3=O. The van der Waals surface area contributed by atoms with Crippen molar-refractivity contribution in [1.29, 1.82) is 0 Å². The third-order valence-electron chi connectivity index (χ3n) is 8.68. The third kappa shape index (κ3) is 3.98. The van der Waals surface area contributed by atoms with Gasteiger partial charge in [-0.25, -0.2) is 0 Å². The molecule has 2 fully saturated rings. The van der Waals surface area contributed by atoms with Crippen molar-refractivity contribution in [3.05, 3.63) is 34.6 Å². The number of rotatable bonds is 7. The van der Waals surface area contributed by atoms with E-state index in [0.29, 0.717) is 30.6 Å². The van der Waals surface area contributed by atoms with Gasteiger partial charge in [0.15, 0.2) is 22.8 Å². The van der Waals surface area contributed by atoms with E-state index < -0.39 is 39.7 Å². The van der Waals surface area contributed by atoms with Crippen LogP contribution in [-0.2, 0) is 19.1 Å². The lowest BCUT2D eigenvalue weighted by molar-refractivity contribution is -0.176. The van der Waals surface area contributed by atoms with Crippen LogP contribution >= 0.6 is 0 Å². The quantitative estimate of drug-likeness (QED) is 0.359. The van der Waals surface area contributed by atoms with Gasteiger partial charge in [-0.2, -0.15) is 0 Å². The molecule has 1 saturated heterocycles. The van der Waals surface area contributed by atoms with E-state index in [2.05, 4.69) is 6.08 Å². The molecule has 35 heavy (non-hydrogen) atoms. The number of allylic oxidation sites excluding steroid dienone is 6. The summed E-state index contributed by atoms with van der Waals surface area (Å²) in [6, 6.07) is 0. The Balaban J connectivity index is 2.40. The summed E-state index contributed by atoms with van der Waals surface area (Å²) in [5, 5.41) is 10.9. The molecule has 194 valence electrons. The molecular formula is C30H44O5. The van der Waals surface area contributed by atoms with Gasteiger partial charge in [-0.05, 0) is 72.1 Å². The molecule has 0 radical (unpaired) electrons. The van der Waals surface area contributed by atoms with E-state index in [1.807, 2.05) is 47.6 Å². The van der Waals surface area contributed by atoms with Crippen LogP contribution in [0.5, 0.6) is 0 Å². The molecule has 4 atom stereocenters. The highest BCUT2D eigenvalue weighted by atomic mass is 16.5. The van der Waals surface area contributed by atoms with Gasteiger partial charge in [0.1, 0.15) is 11.9 Å². The van der Waals surface area contributed by atoms with Crippen molar-refractivity contribution in [2.45, 2.75) is 107 Å². The summed E-state index contributed by atoms with van der Waals surface area (Å²) < 4.78 is 6.35.